The van der Waals surface area contributed by atoms with E-state index in [0.29, 0.717) is 35.5 Å². The van der Waals surface area contributed by atoms with Crippen molar-refractivity contribution in [3.8, 4) is 0 Å². The van der Waals surface area contributed by atoms with Crippen LogP contribution in [0.2, 0.25) is 0 Å². The summed E-state index contributed by atoms with van der Waals surface area (Å²) in [5, 5.41) is 17.9. The van der Waals surface area contributed by atoms with Crippen molar-refractivity contribution in [1.29, 1.82) is 0 Å². The van der Waals surface area contributed by atoms with E-state index in [4.69, 9.17) is 4.98 Å². The van der Waals surface area contributed by atoms with Crippen molar-refractivity contribution < 1.29 is 9.50 Å². The third-order valence-corrected chi connectivity index (χ3v) is 8.02. The highest BCUT2D eigenvalue weighted by atomic mass is 32.1. The molecule has 0 bridgehead atoms. The molecular weight excluding hydrogens is 415 g/mol. The van der Waals surface area contributed by atoms with Crippen LogP contribution in [0.3, 0.4) is 0 Å². The highest BCUT2D eigenvalue weighted by Crippen LogP contribution is 2.58. The lowest BCUT2D eigenvalue weighted by Gasteiger charge is -2.73. The van der Waals surface area contributed by atoms with Gasteiger partial charge in [-0.25, -0.2) is 9.97 Å². The summed E-state index contributed by atoms with van der Waals surface area (Å²) in [5.74, 6) is 1.51. The number of halogens is 1. The van der Waals surface area contributed by atoms with Crippen molar-refractivity contribution >= 4 is 39.0 Å². The number of pyridine rings is 2. The average Bonchev–Trinajstić information content (AvgIpc) is 3.19. The van der Waals surface area contributed by atoms with Gasteiger partial charge in [-0.15, -0.1) is 0 Å². The first-order valence-electron chi connectivity index (χ1n) is 10.9. The first-order chi connectivity index (χ1) is 15.2. The molecule has 6 rings (SSSR count). The Kier molecular flexibility index (Phi) is 4.59. The molecule has 9 heteroatoms. The number of piperidine rings is 2. The second-order valence-electron chi connectivity index (χ2n) is 8.94. The number of hydrogen-bond acceptors (Lipinski definition) is 8. The van der Waals surface area contributed by atoms with Gasteiger partial charge in [-0.1, -0.05) is 11.3 Å². The van der Waals surface area contributed by atoms with E-state index in [1.165, 1.54) is 11.3 Å². The summed E-state index contributed by atoms with van der Waals surface area (Å²) >= 11 is 1.41. The highest BCUT2D eigenvalue weighted by molar-refractivity contribution is 7.15. The van der Waals surface area contributed by atoms with Crippen LogP contribution in [0, 0.1) is 0 Å². The molecule has 3 fully saturated rings. The number of rotatable bonds is 7. The Balaban J connectivity index is 1.23. The van der Waals surface area contributed by atoms with Crippen LogP contribution in [0.4, 0.5) is 21.2 Å². The van der Waals surface area contributed by atoms with Crippen molar-refractivity contribution in [2.75, 3.05) is 17.3 Å². The number of nitrogens with one attached hydrogen (secondary N) is 2. The van der Waals surface area contributed by atoms with Gasteiger partial charge < -0.3 is 15.7 Å². The summed E-state index contributed by atoms with van der Waals surface area (Å²) < 4.78 is 12.9. The van der Waals surface area contributed by atoms with Crippen LogP contribution >= 0.6 is 11.3 Å². The number of aromatic nitrogens is 3. The minimum absolute atomic E-state index is 0.0213. The van der Waals surface area contributed by atoms with Gasteiger partial charge in [-0.2, -0.15) is 0 Å². The molecule has 2 unspecified atom stereocenters. The predicted octanol–water partition coefficient (Wildman–Crippen LogP) is 3.84. The lowest BCUT2D eigenvalue weighted by Crippen LogP contribution is -2.81. The molecule has 0 radical (unpaired) electrons. The normalized spacial score (nSPS) is 29.2. The summed E-state index contributed by atoms with van der Waals surface area (Å²) in [6.07, 6.45) is 8.53. The number of hydrogen-bond donors (Lipinski definition) is 3. The van der Waals surface area contributed by atoms with Crippen molar-refractivity contribution in [2.45, 2.75) is 62.4 Å². The second kappa shape index (κ2) is 7.36. The molecular formula is C22H25FN6OS. The maximum absolute atomic E-state index is 12.9. The molecule has 2 atom stereocenters. The molecule has 0 saturated carbocycles. The molecule has 31 heavy (non-hydrogen) atoms. The Morgan fingerprint density at radius 3 is 2.84 bits per heavy atom. The molecule has 3 aliphatic heterocycles. The van der Waals surface area contributed by atoms with Gasteiger partial charge in [0, 0.05) is 47.5 Å². The monoisotopic (exact) mass is 440 g/mol. The largest absolute Gasteiger partial charge is 0.391 e. The third kappa shape index (κ3) is 3.18. The Morgan fingerprint density at radius 2 is 2.10 bits per heavy atom. The summed E-state index contributed by atoms with van der Waals surface area (Å²) in [6.45, 7) is -0.230. The van der Waals surface area contributed by atoms with Crippen LogP contribution in [0.5, 0.6) is 0 Å². The zero-order valence-electron chi connectivity index (χ0n) is 17.1. The SMILES string of the molecule is OCc1cnc(Nc2cc3ncccc3c(NC3CC4CC5(CCF)CC(C3)N45)n2)s1. The number of nitrogens with zero attached hydrogens (tertiary/aromatic N) is 4. The quantitative estimate of drug-likeness (QED) is 0.515. The number of aliphatic hydroxyl groups is 1. The first kappa shape index (κ1) is 19.3. The van der Waals surface area contributed by atoms with Gasteiger partial charge in [0.1, 0.15) is 11.6 Å². The molecule has 0 aliphatic carbocycles. The van der Waals surface area contributed by atoms with Crippen LogP contribution in [0.15, 0.2) is 30.6 Å². The molecule has 6 heterocycles. The van der Waals surface area contributed by atoms with Gasteiger partial charge in [0.05, 0.1) is 23.7 Å². The fourth-order valence-corrected chi connectivity index (χ4v) is 6.66. The van der Waals surface area contributed by atoms with Gasteiger partial charge >= 0.3 is 0 Å². The number of fused-ring (bicyclic) bond motifs is 1. The van der Waals surface area contributed by atoms with Crippen molar-refractivity contribution in [1.82, 2.24) is 19.9 Å². The van der Waals surface area contributed by atoms with E-state index in [0.717, 1.165) is 47.3 Å². The van der Waals surface area contributed by atoms with Gasteiger partial charge in [0.15, 0.2) is 5.13 Å². The Bertz CT molecular complexity index is 1110. The molecule has 3 aromatic heterocycles. The summed E-state index contributed by atoms with van der Waals surface area (Å²) in [5.41, 5.74) is 1.04. The lowest BCUT2D eigenvalue weighted by molar-refractivity contribution is -0.224. The van der Waals surface area contributed by atoms with Gasteiger partial charge in [-0.3, -0.25) is 14.3 Å². The Morgan fingerprint density at radius 1 is 1.26 bits per heavy atom. The van der Waals surface area contributed by atoms with E-state index in [9.17, 15) is 9.50 Å². The minimum Gasteiger partial charge on any atom is -0.391 e. The molecule has 3 aromatic rings. The van der Waals surface area contributed by atoms with Crippen LogP contribution in [-0.4, -0.2) is 55.3 Å². The summed E-state index contributed by atoms with van der Waals surface area (Å²) in [6, 6.07) is 7.38. The second-order valence-corrected chi connectivity index (χ2v) is 10.1. The smallest absolute Gasteiger partial charge is 0.188 e. The Hall–Kier alpha value is -2.36. The molecule has 162 valence electrons. The number of aliphatic hydroxyl groups excluding tert-OH is 1. The highest BCUT2D eigenvalue weighted by Gasteiger charge is 2.64. The maximum atomic E-state index is 12.9. The topological polar surface area (TPSA) is 86.2 Å². The van der Waals surface area contributed by atoms with E-state index in [-0.39, 0.29) is 18.8 Å². The molecule has 0 spiro atoms. The van der Waals surface area contributed by atoms with Crippen molar-refractivity contribution in [3.63, 3.8) is 0 Å². The van der Waals surface area contributed by atoms with E-state index in [2.05, 4.69) is 25.5 Å². The van der Waals surface area contributed by atoms with E-state index in [1.807, 2.05) is 18.2 Å². The van der Waals surface area contributed by atoms with Crippen LogP contribution in [0.1, 0.15) is 37.0 Å². The molecule has 0 aromatic carbocycles. The van der Waals surface area contributed by atoms with Gasteiger partial charge in [-0.05, 0) is 44.2 Å². The molecule has 3 N–H and O–H groups in total. The number of anilines is 3. The van der Waals surface area contributed by atoms with Crippen LogP contribution in [0.25, 0.3) is 10.9 Å². The van der Waals surface area contributed by atoms with Gasteiger partial charge in [0.25, 0.3) is 0 Å². The van der Waals surface area contributed by atoms with E-state index >= 15 is 0 Å². The fourth-order valence-electron chi connectivity index (χ4n) is 5.98. The fraction of sp³-hybridized carbons (Fsp3) is 0.500. The summed E-state index contributed by atoms with van der Waals surface area (Å²) in [4.78, 5) is 17.1. The van der Waals surface area contributed by atoms with E-state index < -0.39 is 0 Å². The molecule has 3 aliphatic rings. The zero-order chi connectivity index (χ0) is 21.0. The molecule has 0 amide bonds. The average molecular weight is 441 g/mol. The molecule has 3 saturated heterocycles. The maximum Gasteiger partial charge on any atom is 0.188 e. The molecule has 7 nitrogen and oxygen atoms in total. The van der Waals surface area contributed by atoms with E-state index in [1.54, 1.807) is 12.4 Å². The first-order valence-corrected chi connectivity index (χ1v) is 11.7. The number of thiazole rings is 1. The van der Waals surface area contributed by atoms with Crippen molar-refractivity contribution in [2.24, 2.45) is 0 Å². The standard InChI is InChI=1S/C22H25FN6OS/c23-4-3-22-9-14-6-13(7-15(10-22)29(14)22)26-20-17-2-1-5-24-18(17)8-19(27-20)28-21-25-11-16(12-30)31-21/h1-2,5,8,11,13-15,30H,3-4,6-7,9-10,12H2,(H2,25,26,27,28). The van der Waals surface area contributed by atoms with Gasteiger partial charge in [0.2, 0.25) is 0 Å². The zero-order valence-corrected chi connectivity index (χ0v) is 17.9. The third-order valence-electron chi connectivity index (χ3n) is 7.12. The minimum atomic E-state index is -0.209. The predicted molar refractivity (Wildman–Crippen MR) is 119 cm³/mol. The van der Waals surface area contributed by atoms with Crippen LogP contribution < -0.4 is 10.6 Å². The van der Waals surface area contributed by atoms with Crippen LogP contribution in [-0.2, 0) is 6.61 Å². The lowest BCUT2D eigenvalue weighted by atomic mass is 9.58. The Labute approximate surface area is 183 Å². The summed E-state index contributed by atoms with van der Waals surface area (Å²) in [7, 11) is 0. The number of alkyl halides is 1. The van der Waals surface area contributed by atoms with Crippen molar-refractivity contribution in [3.05, 3.63) is 35.5 Å².